The van der Waals surface area contributed by atoms with E-state index in [9.17, 15) is 0 Å². The third kappa shape index (κ3) is 4.66. The maximum Gasteiger partial charge on any atom is 0.135 e. The molecule has 0 atom stereocenters. The Labute approximate surface area is 125 Å². The van der Waals surface area contributed by atoms with E-state index >= 15 is 0 Å². The zero-order valence-corrected chi connectivity index (χ0v) is 12.8. The summed E-state index contributed by atoms with van der Waals surface area (Å²) in [5, 5.41) is 6.60. The predicted octanol–water partition coefficient (Wildman–Crippen LogP) is 2.82. The van der Waals surface area contributed by atoms with E-state index in [0.717, 1.165) is 36.1 Å². The van der Waals surface area contributed by atoms with Gasteiger partial charge in [-0.05, 0) is 12.5 Å². The van der Waals surface area contributed by atoms with Crippen molar-refractivity contribution in [3.63, 3.8) is 0 Å². The van der Waals surface area contributed by atoms with E-state index in [-0.39, 0.29) is 5.92 Å². The second-order valence-corrected chi connectivity index (χ2v) is 5.13. The number of rotatable bonds is 7. The number of hydrogen-bond acceptors (Lipinski definition) is 6. The quantitative estimate of drug-likeness (QED) is 0.815. The first-order chi connectivity index (χ1) is 10.2. The van der Waals surface area contributed by atoms with Crippen molar-refractivity contribution in [2.24, 2.45) is 0 Å². The Hall–Kier alpha value is -2.24. The minimum Gasteiger partial charge on any atom is -0.370 e. The van der Waals surface area contributed by atoms with Gasteiger partial charge in [0.2, 0.25) is 0 Å². The molecule has 0 unspecified atom stereocenters. The Bertz CT molecular complexity index is 555. The van der Waals surface area contributed by atoms with E-state index in [2.05, 4.69) is 51.3 Å². The van der Waals surface area contributed by atoms with Crippen LogP contribution in [0.5, 0.6) is 0 Å². The van der Waals surface area contributed by atoms with Crippen LogP contribution >= 0.6 is 0 Å². The van der Waals surface area contributed by atoms with Gasteiger partial charge in [-0.2, -0.15) is 0 Å². The van der Waals surface area contributed by atoms with Gasteiger partial charge in [-0.25, -0.2) is 19.9 Å². The SMILES string of the molecule is CCCNc1cc(NCc2ccncn2)nc(C(C)C)n1. The van der Waals surface area contributed by atoms with E-state index in [4.69, 9.17) is 0 Å². The van der Waals surface area contributed by atoms with Crippen molar-refractivity contribution in [2.75, 3.05) is 17.2 Å². The van der Waals surface area contributed by atoms with Crippen LogP contribution < -0.4 is 10.6 Å². The lowest BCUT2D eigenvalue weighted by Crippen LogP contribution is -2.10. The molecule has 112 valence electrons. The van der Waals surface area contributed by atoms with Crippen LogP contribution in [0.2, 0.25) is 0 Å². The molecule has 0 saturated heterocycles. The van der Waals surface area contributed by atoms with Crippen molar-refractivity contribution in [3.05, 3.63) is 36.2 Å². The van der Waals surface area contributed by atoms with Gasteiger partial charge in [-0.1, -0.05) is 20.8 Å². The first-order valence-corrected chi connectivity index (χ1v) is 7.30. The van der Waals surface area contributed by atoms with Crippen LogP contribution in [0.3, 0.4) is 0 Å². The molecule has 2 aromatic heterocycles. The summed E-state index contributed by atoms with van der Waals surface area (Å²) in [6, 6.07) is 3.82. The lowest BCUT2D eigenvalue weighted by atomic mass is 10.2. The summed E-state index contributed by atoms with van der Waals surface area (Å²) < 4.78 is 0. The molecule has 21 heavy (non-hydrogen) atoms. The van der Waals surface area contributed by atoms with Crippen molar-refractivity contribution in [1.82, 2.24) is 19.9 Å². The van der Waals surface area contributed by atoms with Gasteiger partial charge in [0.15, 0.2) is 0 Å². The molecule has 0 aliphatic heterocycles. The van der Waals surface area contributed by atoms with Gasteiger partial charge in [-0.3, -0.25) is 0 Å². The lowest BCUT2D eigenvalue weighted by Gasteiger charge is -2.12. The minimum absolute atomic E-state index is 0.285. The van der Waals surface area contributed by atoms with Gasteiger partial charge in [0, 0.05) is 24.7 Å². The standard InChI is InChI=1S/C15H22N6/c1-4-6-17-13-8-14(21-15(20-13)11(2)3)18-9-12-5-7-16-10-19-12/h5,7-8,10-11H,4,6,9H2,1-3H3,(H2,17,18,20,21). The molecular weight excluding hydrogens is 264 g/mol. The molecule has 6 heteroatoms. The summed E-state index contributed by atoms with van der Waals surface area (Å²) in [7, 11) is 0. The molecule has 6 nitrogen and oxygen atoms in total. The number of nitrogens with zero attached hydrogens (tertiary/aromatic N) is 4. The molecular formula is C15H22N6. The molecule has 2 heterocycles. The fourth-order valence-corrected chi connectivity index (χ4v) is 1.76. The maximum atomic E-state index is 4.55. The molecule has 0 radical (unpaired) electrons. The highest BCUT2D eigenvalue weighted by atomic mass is 15.1. The zero-order chi connectivity index (χ0) is 15.1. The Balaban J connectivity index is 2.11. The van der Waals surface area contributed by atoms with E-state index in [1.807, 2.05) is 12.1 Å². The molecule has 0 aliphatic rings. The molecule has 0 aliphatic carbocycles. The summed E-state index contributed by atoms with van der Waals surface area (Å²) in [5.41, 5.74) is 0.928. The Morgan fingerprint density at radius 2 is 1.90 bits per heavy atom. The normalized spacial score (nSPS) is 10.7. The van der Waals surface area contributed by atoms with Gasteiger partial charge in [0.05, 0.1) is 12.2 Å². The van der Waals surface area contributed by atoms with Gasteiger partial charge >= 0.3 is 0 Å². The smallest absolute Gasteiger partial charge is 0.135 e. The molecule has 2 aromatic rings. The number of hydrogen-bond donors (Lipinski definition) is 2. The zero-order valence-electron chi connectivity index (χ0n) is 12.8. The van der Waals surface area contributed by atoms with Crippen LogP contribution in [0.15, 0.2) is 24.7 Å². The van der Waals surface area contributed by atoms with Crippen molar-refractivity contribution >= 4 is 11.6 Å². The third-order valence-electron chi connectivity index (χ3n) is 2.91. The van der Waals surface area contributed by atoms with E-state index in [0.29, 0.717) is 6.54 Å². The van der Waals surface area contributed by atoms with Crippen LogP contribution in [0.25, 0.3) is 0 Å². The summed E-state index contributed by atoms with van der Waals surface area (Å²) in [6.45, 7) is 7.83. The molecule has 2 rings (SSSR count). The van der Waals surface area contributed by atoms with E-state index in [1.54, 1.807) is 12.5 Å². The van der Waals surface area contributed by atoms with Gasteiger partial charge in [0.25, 0.3) is 0 Å². The topological polar surface area (TPSA) is 75.6 Å². The third-order valence-corrected chi connectivity index (χ3v) is 2.91. The van der Waals surface area contributed by atoms with Crippen LogP contribution in [-0.4, -0.2) is 26.5 Å². The monoisotopic (exact) mass is 286 g/mol. The Kier molecular flexibility index (Phi) is 5.43. The van der Waals surface area contributed by atoms with Gasteiger partial charge in [-0.15, -0.1) is 0 Å². The van der Waals surface area contributed by atoms with Gasteiger partial charge < -0.3 is 10.6 Å². The second kappa shape index (κ2) is 7.52. The molecule has 0 bridgehead atoms. The van der Waals surface area contributed by atoms with E-state index < -0.39 is 0 Å². The molecule has 2 N–H and O–H groups in total. The van der Waals surface area contributed by atoms with Crippen LogP contribution in [-0.2, 0) is 6.54 Å². The number of aromatic nitrogens is 4. The highest BCUT2D eigenvalue weighted by molar-refractivity contribution is 5.48. The average Bonchev–Trinajstić information content (AvgIpc) is 2.51. The van der Waals surface area contributed by atoms with Gasteiger partial charge in [0.1, 0.15) is 23.8 Å². The second-order valence-electron chi connectivity index (χ2n) is 5.13. The predicted molar refractivity (Wildman–Crippen MR) is 84.3 cm³/mol. The lowest BCUT2D eigenvalue weighted by molar-refractivity contribution is 0.773. The minimum atomic E-state index is 0.285. The van der Waals surface area contributed by atoms with Crippen LogP contribution in [0, 0.1) is 0 Å². The Morgan fingerprint density at radius 1 is 1.14 bits per heavy atom. The molecule has 0 aromatic carbocycles. The largest absolute Gasteiger partial charge is 0.370 e. The first-order valence-electron chi connectivity index (χ1n) is 7.30. The molecule has 0 fully saturated rings. The summed E-state index contributed by atoms with van der Waals surface area (Å²) in [6.07, 6.45) is 4.34. The van der Waals surface area contributed by atoms with Crippen molar-refractivity contribution in [1.29, 1.82) is 0 Å². The van der Waals surface area contributed by atoms with Crippen molar-refractivity contribution < 1.29 is 0 Å². The Morgan fingerprint density at radius 3 is 2.52 bits per heavy atom. The van der Waals surface area contributed by atoms with Crippen molar-refractivity contribution in [2.45, 2.75) is 39.7 Å². The number of anilines is 2. The fourth-order valence-electron chi connectivity index (χ4n) is 1.76. The molecule has 0 spiro atoms. The van der Waals surface area contributed by atoms with Crippen molar-refractivity contribution in [3.8, 4) is 0 Å². The summed E-state index contributed by atoms with van der Waals surface area (Å²) in [5.74, 6) is 2.79. The summed E-state index contributed by atoms with van der Waals surface area (Å²) >= 11 is 0. The number of nitrogens with one attached hydrogen (secondary N) is 2. The molecule has 0 amide bonds. The summed E-state index contributed by atoms with van der Waals surface area (Å²) in [4.78, 5) is 17.2. The highest BCUT2D eigenvalue weighted by Crippen LogP contribution is 2.17. The van der Waals surface area contributed by atoms with E-state index in [1.165, 1.54) is 0 Å². The average molecular weight is 286 g/mol. The molecule has 0 saturated carbocycles. The van der Waals surface area contributed by atoms with Crippen LogP contribution in [0.4, 0.5) is 11.6 Å². The first kappa shape index (κ1) is 15.2. The van der Waals surface area contributed by atoms with Crippen LogP contribution in [0.1, 0.15) is 44.6 Å². The fraction of sp³-hybridized carbons (Fsp3) is 0.467. The highest BCUT2D eigenvalue weighted by Gasteiger charge is 2.08. The maximum absolute atomic E-state index is 4.55.